The fraction of sp³-hybridized carbons (Fsp3) is 0.250. The lowest BCUT2D eigenvalue weighted by molar-refractivity contribution is 0.911. The van der Waals surface area contributed by atoms with E-state index in [0.29, 0.717) is 0 Å². The van der Waals surface area contributed by atoms with Crippen molar-refractivity contribution >= 4 is 43.5 Å². The van der Waals surface area contributed by atoms with Crippen LogP contribution in [-0.2, 0) is 12.8 Å². The van der Waals surface area contributed by atoms with E-state index in [0.717, 1.165) is 15.1 Å². The molecule has 0 N–H and O–H groups in total. The van der Waals surface area contributed by atoms with Crippen molar-refractivity contribution in [3.8, 4) is 0 Å². The number of rotatable bonds is 2. The first kappa shape index (κ1) is 13.7. The van der Waals surface area contributed by atoms with E-state index >= 15 is 0 Å². The third-order valence-electron chi connectivity index (χ3n) is 3.67. The lowest BCUT2D eigenvalue weighted by atomic mass is 10.0. The molecular formula is C16H13Br2Cl. The molecule has 3 rings (SSSR count). The molecule has 0 saturated heterocycles. The van der Waals surface area contributed by atoms with Crippen LogP contribution in [0.4, 0.5) is 0 Å². The minimum Gasteiger partial charge on any atom is -0.0827 e. The van der Waals surface area contributed by atoms with Gasteiger partial charge in [0.15, 0.2) is 0 Å². The van der Waals surface area contributed by atoms with Crippen molar-refractivity contribution in [2.24, 2.45) is 0 Å². The zero-order valence-electron chi connectivity index (χ0n) is 10.3. The number of fused-ring (bicyclic) bond motifs is 1. The van der Waals surface area contributed by atoms with Gasteiger partial charge in [0.2, 0.25) is 0 Å². The van der Waals surface area contributed by atoms with Crippen LogP contribution in [0.15, 0.2) is 40.9 Å². The highest BCUT2D eigenvalue weighted by molar-refractivity contribution is 9.10. The summed E-state index contributed by atoms with van der Waals surface area (Å²) in [4.78, 5) is 0.142. The maximum Gasteiger partial charge on any atom is 0.0659 e. The molecule has 1 unspecified atom stereocenters. The summed E-state index contributed by atoms with van der Waals surface area (Å²) in [5.74, 6) is 0. The van der Waals surface area contributed by atoms with Crippen molar-refractivity contribution in [3.63, 3.8) is 0 Å². The van der Waals surface area contributed by atoms with Crippen molar-refractivity contribution in [2.45, 2.75) is 24.1 Å². The molecule has 2 aromatic carbocycles. The fourth-order valence-corrected chi connectivity index (χ4v) is 4.06. The molecule has 19 heavy (non-hydrogen) atoms. The Labute approximate surface area is 135 Å². The molecule has 2 aromatic rings. The van der Waals surface area contributed by atoms with Gasteiger partial charge in [-0.2, -0.15) is 0 Å². The normalized spacial score (nSPS) is 15.3. The summed E-state index contributed by atoms with van der Waals surface area (Å²) >= 11 is 13.6. The van der Waals surface area contributed by atoms with E-state index in [1.165, 1.54) is 36.0 Å². The minimum atomic E-state index is 0.142. The average Bonchev–Trinajstić information content (AvgIpc) is 2.88. The Hall–Kier alpha value is -0.310. The lowest BCUT2D eigenvalue weighted by Crippen LogP contribution is -1.96. The predicted molar refractivity (Wildman–Crippen MR) is 88.4 cm³/mol. The Bertz CT molecular complexity index is 622. The van der Waals surface area contributed by atoms with Crippen LogP contribution in [-0.4, -0.2) is 0 Å². The van der Waals surface area contributed by atoms with E-state index in [1.54, 1.807) is 0 Å². The standard InChI is InChI=1S/C16H13Br2Cl/c17-14-6-2-5-13(16(14)19)15(18)12-8-7-10-3-1-4-11(10)9-12/h2,5-9,15H,1,3-4H2. The first-order valence-electron chi connectivity index (χ1n) is 6.36. The van der Waals surface area contributed by atoms with Crippen LogP contribution in [0.1, 0.15) is 33.5 Å². The number of hydrogen-bond donors (Lipinski definition) is 0. The second-order valence-electron chi connectivity index (χ2n) is 4.89. The zero-order valence-corrected chi connectivity index (χ0v) is 14.2. The van der Waals surface area contributed by atoms with E-state index in [-0.39, 0.29) is 4.83 Å². The van der Waals surface area contributed by atoms with Gasteiger partial charge >= 0.3 is 0 Å². The van der Waals surface area contributed by atoms with E-state index in [9.17, 15) is 0 Å². The van der Waals surface area contributed by atoms with Crippen LogP contribution in [0, 0.1) is 0 Å². The topological polar surface area (TPSA) is 0 Å². The maximum atomic E-state index is 6.38. The summed E-state index contributed by atoms with van der Waals surface area (Å²) in [5, 5.41) is 0.782. The third kappa shape index (κ3) is 2.63. The van der Waals surface area contributed by atoms with Gasteiger partial charge in [0.25, 0.3) is 0 Å². The first-order valence-corrected chi connectivity index (χ1v) is 8.45. The summed E-state index contributed by atoms with van der Waals surface area (Å²) < 4.78 is 0.942. The van der Waals surface area contributed by atoms with Gasteiger partial charge in [0.05, 0.1) is 9.85 Å². The smallest absolute Gasteiger partial charge is 0.0659 e. The molecule has 1 atom stereocenters. The van der Waals surface area contributed by atoms with Crippen LogP contribution >= 0.6 is 43.5 Å². The van der Waals surface area contributed by atoms with Crippen molar-refractivity contribution < 1.29 is 0 Å². The summed E-state index contributed by atoms with van der Waals surface area (Å²) in [7, 11) is 0. The summed E-state index contributed by atoms with van der Waals surface area (Å²) in [6, 6.07) is 12.8. The average molecular weight is 401 g/mol. The van der Waals surface area contributed by atoms with Gasteiger partial charge in [-0.1, -0.05) is 57.9 Å². The van der Waals surface area contributed by atoms with Crippen molar-refractivity contribution in [2.75, 3.05) is 0 Å². The van der Waals surface area contributed by atoms with Gasteiger partial charge in [0.1, 0.15) is 0 Å². The van der Waals surface area contributed by atoms with Crippen LogP contribution < -0.4 is 0 Å². The molecule has 3 heteroatoms. The molecule has 0 nitrogen and oxygen atoms in total. The van der Waals surface area contributed by atoms with Crippen LogP contribution in [0.3, 0.4) is 0 Å². The van der Waals surface area contributed by atoms with E-state index in [4.69, 9.17) is 11.6 Å². The molecule has 1 aliphatic carbocycles. The van der Waals surface area contributed by atoms with Gasteiger partial charge in [-0.25, -0.2) is 0 Å². The van der Waals surface area contributed by atoms with Crippen LogP contribution in [0.5, 0.6) is 0 Å². The molecule has 0 radical (unpaired) electrons. The SMILES string of the molecule is Clc1c(Br)cccc1C(Br)c1ccc2c(c1)CCC2. The monoisotopic (exact) mass is 398 g/mol. The van der Waals surface area contributed by atoms with E-state index in [2.05, 4.69) is 56.1 Å². The number of hydrogen-bond acceptors (Lipinski definition) is 0. The molecule has 0 fully saturated rings. The molecule has 1 aliphatic rings. The van der Waals surface area contributed by atoms with E-state index in [1.807, 2.05) is 12.1 Å². The molecular weight excluding hydrogens is 387 g/mol. The third-order valence-corrected chi connectivity index (χ3v) is 6.00. The molecule has 0 bridgehead atoms. The summed E-state index contributed by atoms with van der Waals surface area (Å²) in [6.07, 6.45) is 3.71. The largest absolute Gasteiger partial charge is 0.0827 e. The Kier molecular flexibility index (Phi) is 4.02. The van der Waals surface area contributed by atoms with Gasteiger partial charge in [-0.05, 0) is 63.5 Å². The highest BCUT2D eigenvalue weighted by atomic mass is 79.9. The van der Waals surface area contributed by atoms with Crippen molar-refractivity contribution in [3.05, 3.63) is 68.1 Å². The molecule has 0 aliphatic heterocycles. The number of aryl methyl sites for hydroxylation is 2. The fourth-order valence-electron chi connectivity index (χ4n) is 2.65. The Morgan fingerprint density at radius 3 is 2.68 bits per heavy atom. The lowest BCUT2D eigenvalue weighted by Gasteiger charge is -2.14. The first-order chi connectivity index (χ1) is 9.16. The highest BCUT2D eigenvalue weighted by Gasteiger charge is 2.18. The Morgan fingerprint density at radius 2 is 1.84 bits per heavy atom. The van der Waals surface area contributed by atoms with Gasteiger partial charge in [0, 0.05) is 4.47 Å². The molecule has 0 amide bonds. The summed E-state index contributed by atoms with van der Waals surface area (Å²) in [5.41, 5.74) is 5.38. The number of alkyl halides is 1. The maximum absolute atomic E-state index is 6.38. The zero-order chi connectivity index (χ0) is 13.4. The molecule has 0 heterocycles. The van der Waals surface area contributed by atoms with Crippen molar-refractivity contribution in [1.29, 1.82) is 0 Å². The van der Waals surface area contributed by atoms with Crippen LogP contribution in [0.25, 0.3) is 0 Å². The van der Waals surface area contributed by atoms with Crippen molar-refractivity contribution in [1.82, 2.24) is 0 Å². The van der Waals surface area contributed by atoms with Gasteiger partial charge < -0.3 is 0 Å². The summed E-state index contributed by atoms with van der Waals surface area (Å²) in [6.45, 7) is 0. The minimum absolute atomic E-state index is 0.142. The van der Waals surface area contributed by atoms with Gasteiger partial charge in [-0.15, -0.1) is 0 Å². The number of halogens is 3. The van der Waals surface area contributed by atoms with E-state index < -0.39 is 0 Å². The molecule has 0 saturated carbocycles. The second kappa shape index (κ2) is 5.59. The Balaban J connectivity index is 2.00. The second-order valence-corrected chi connectivity index (χ2v) is 7.04. The molecule has 98 valence electrons. The molecule has 0 aromatic heterocycles. The quantitative estimate of drug-likeness (QED) is 0.536. The highest BCUT2D eigenvalue weighted by Crippen LogP contribution is 2.39. The predicted octanol–water partition coefficient (Wildman–Crippen LogP) is 6.08. The number of benzene rings is 2. The van der Waals surface area contributed by atoms with Gasteiger partial charge in [-0.3, -0.25) is 0 Å². The molecule has 0 spiro atoms. The van der Waals surface area contributed by atoms with Crippen LogP contribution in [0.2, 0.25) is 5.02 Å². The Morgan fingerprint density at radius 1 is 1.05 bits per heavy atom.